The fraction of sp³-hybridized carbons (Fsp3) is 0.448. The van der Waals surface area contributed by atoms with Gasteiger partial charge in [0.1, 0.15) is 11.3 Å². The van der Waals surface area contributed by atoms with Crippen molar-refractivity contribution < 1.29 is 19.1 Å². The average molecular weight is 561 g/mol. The number of amides is 2. The van der Waals surface area contributed by atoms with Gasteiger partial charge in [0.25, 0.3) is 5.91 Å². The van der Waals surface area contributed by atoms with E-state index in [1.54, 1.807) is 68.1 Å². The molecule has 0 bridgehead atoms. The standard InChI is InChI=1S/C27H29Cl2N3O4.C2H6/c1-17-14-19(8-11-21(17)29)22(33)15-32-24(34)23(18-6-9-20(28)10-7-18)30-27(32)12-5-13-31(16-27)25(35)36-26(2,3)4;1-2/h6-11,14H,5,12-13,15-16H2,1-4H3;1-2H3. The molecule has 0 aliphatic carbocycles. The summed E-state index contributed by atoms with van der Waals surface area (Å²) in [5, 5.41) is 1.10. The minimum Gasteiger partial charge on any atom is -0.444 e. The van der Waals surface area contributed by atoms with E-state index in [1.807, 2.05) is 20.8 Å². The number of hydrogen-bond donors (Lipinski definition) is 0. The van der Waals surface area contributed by atoms with Crippen LogP contribution in [0.15, 0.2) is 47.5 Å². The van der Waals surface area contributed by atoms with E-state index in [4.69, 9.17) is 32.9 Å². The molecule has 0 radical (unpaired) electrons. The van der Waals surface area contributed by atoms with Crippen molar-refractivity contribution in [3.05, 3.63) is 69.2 Å². The van der Waals surface area contributed by atoms with Gasteiger partial charge in [-0.1, -0.05) is 49.2 Å². The van der Waals surface area contributed by atoms with Crippen LogP contribution in [-0.2, 0) is 9.53 Å². The Balaban J connectivity index is 0.00000195. The summed E-state index contributed by atoms with van der Waals surface area (Å²) in [6, 6.07) is 11.9. The second-order valence-corrected chi connectivity index (χ2v) is 11.1. The van der Waals surface area contributed by atoms with Gasteiger partial charge in [-0.15, -0.1) is 0 Å². The molecular formula is C29H35Cl2N3O4. The number of aryl methyl sites for hydroxylation is 1. The molecule has 2 aliphatic rings. The van der Waals surface area contributed by atoms with E-state index in [0.717, 1.165) is 5.56 Å². The molecule has 2 amide bonds. The van der Waals surface area contributed by atoms with E-state index < -0.39 is 17.4 Å². The molecule has 1 atom stereocenters. The number of Topliss-reactive ketones (excluding diaryl/α,β-unsaturated/α-hetero) is 1. The fourth-order valence-electron chi connectivity index (χ4n) is 4.51. The zero-order valence-electron chi connectivity index (χ0n) is 22.8. The number of rotatable bonds is 4. The Morgan fingerprint density at radius 2 is 1.74 bits per heavy atom. The zero-order valence-corrected chi connectivity index (χ0v) is 24.3. The lowest BCUT2D eigenvalue weighted by atomic mass is 9.96. The normalized spacial score (nSPS) is 19.2. The monoisotopic (exact) mass is 559 g/mol. The molecular weight excluding hydrogens is 525 g/mol. The quantitative estimate of drug-likeness (QED) is 0.397. The number of carbonyl (C=O) groups is 3. The molecule has 1 saturated heterocycles. The molecule has 0 saturated carbocycles. The van der Waals surface area contributed by atoms with Crippen LogP contribution in [-0.4, -0.2) is 64.2 Å². The van der Waals surface area contributed by atoms with Crippen molar-refractivity contribution >= 4 is 46.7 Å². The molecule has 204 valence electrons. The largest absolute Gasteiger partial charge is 0.444 e. The molecule has 1 spiro atoms. The maximum atomic E-state index is 13.7. The van der Waals surface area contributed by atoms with Gasteiger partial charge in [-0.25, -0.2) is 9.79 Å². The lowest BCUT2D eigenvalue weighted by molar-refractivity contribution is -0.129. The summed E-state index contributed by atoms with van der Waals surface area (Å²) in [6.45, 7) is 11.7. The van der Waals surface area contributed by atoms with Crippen molar-refractivity contribution in [1.82, 2.24) is 9.80 Å². The highest BCUT2D eigenvalue weighted by Crippen LogP contribution is 2.36. The SMILES string of the molecule is CC.Cc1cc(C(=O)CN2C(=O)C(c3ccc(Cl)cc3)=NC23CCCN(C(=O)OC(C)(C)C)C3)ccc1Cl. The fourth-order valence-corrected chi connectivity index (χ4v) is 4.76. The maximum Gasteiger partial charge on any atom is 0.410 e. The minimum absolute atomic E-state index is 0.137. The summed E-state index contributed by atoms with van der Waals surface area (Å²) in [5.74, 6) is -0.591. The number of ether oxygens (including phenoxy) is 1. The average Bonchev–Trinajstić information content (AvgIpc) is 3.12. The van der Waals surface area contributed by atoms with E-state index >= 15 is 0 Å². The Bertz CT molecular complexity index is 1240. The van der Waals surface area contributed by atoms with E-state index in [2.05, 4.69) is 0 Å². The lowest BCUT2D eigenvalue weighted by Crippen LogP contribution is -2.59. The van der Waals surface area contributed by atoms with Crippen LogP contribution in [0, 0.1) is 6.92 Å². The molecule has 1 unspecified atom stereocenters. The van der Waals surface area contributed by atoms with Crippen LogP contribution in [0.2, 0.25) is 10.0 Å². The molecule has 2 aromatic rings. The van der Waals surface area contributed by atoms with Gasteiger partial charge in [0.05, 0.1) is 13.1 Å². The van der Waals surface area contributed by atoms with Gasteiger partial charge in [0.15, 0.2) is 11.4 Å². The first-order chi connectivity index (χ1) is 17.9. The van der Waals surface area contributed by atoms with Gasteiger partial charge in [0.2, 0.25) is 0 Å². The molecule has 4 rings (SSSR count). The second-order valence-electron chi connectivity index (χ2n) is 10.2. The summed E-state index contributed by atoms with van der Waals surface area (Å²) < 4.78 is 5.58. The Kier molecular flexibility index (Phi) is 9.26. The third kappa shape index (κ3) is 6.56. The van der Waals surface area contributed by atoms with Crippen molar-refractivity contribution in [2.24, 2.45) is 4.99 Å². The number of hydrogen-bond acceptors (Lipinski definition) is 5. The van der Waals surface area contributed by atoms with Crippen molar-refractivity contribution in [3.8, 4) is 0 Å². The molecule has 9 heteroatoms. The number of carbonyl (C=O) groups excluding carboxylic acids is 3. The van der Waals surface area contributed by atoms with Crippen LogP contribution in [0.4, 0.5) is 4.79 Å². The molecule has 1 fully saturated rings. The molecule has 2 aromatic carbocycles. The minimum atomic E-state index is -1.07. The summed E-state index contributed by atoms with van der Waals surface area (Å²) in [4.78, 5) is 47.9. The predicted molar refractivity (Wildman–Crippen MR) is 151 cm³/mol. The molecule has 2 aliphatic heterocycles. The Hall–Kier alpha value is -2.90. The number of aliphatic imine (C=N–C) groups is 1. The number of piperidine rings is 1. The summed E-state index contributed by atoms with van der Waals surface area (Å²) >= 11 is 12.2. The van der Waals surface area contributed by atoms with E-state index in [9.17, 15) is 14.4 Å². The number of ketones is 1. The van der Waals surface area contributed by atoms with Gasteiger partial charge >= 0.3 is 6.09 Å². The Morgan fingerprint density at radius 1 is 1.08 bits per heavy atom. The van der Waals surface area contributed by atoms with Crippen LogP contribution >= 0.6 is 23.2 Å². The van der Waals surface area contributed by atoms with Crippen LogP contribution in [0.3, 0.4) is 0 Å². The third-order valence-corrected chi connectivity index (χ3v) is 6.95. The molecule has 0 N–H and O–H groups in total. The van der Waals surface area contributed by atoms with Crippen LogP contribution < -0.4 is 0 Å². The van der Waals surface area contributed by atoms with Gasteiger partial charge in [0, 0.05) is 27.7 Å². The number of halogens is 2. The summed E-state index contributed by atoms with van der Waals surface area (Å²) in [7, 11) is 0. The van der Waals surface area contributed by atoms with Gasteiger partial charge in [-0.2, -0.15) is 0 Å². The first-order valence-corrected chi connectivity index (χ1v) is 13.6. The number of likely N-dealkylation sites (tertiary alicyclic amines) is 1. The van der Waals surface area contributed by atoms with Crippen molar-refractivity contribution in [2.45, 2.75) is 65.6 Å². The van der Waals surface area contributed by atoms with Gasteiger partial charge in [-0.05, 0) is 76.4 Å². The van der Waals surface area contributed by atoms with E-state index in [1.165, 1.54) is 4.90 Å². The van der Waals surface area contributed by atoms with Crippen LogP contribution in [0.25, 0.3) is 0 Å². The molecule has 2 heterocycles. The Labute approximate surface area is 234 Å². The Morgan fingerprint density at radius 3 is 2.34 bits per heavy atom. The second kappa shape index (κ2) is 11.9. The first-order valence-electron chi connectivity index (χ1n) is 12.8. The van der Waals surface area contributed by atoms with Crippen molar-refractivity contribution in [2.75, 3.05) is 19.6 Å². The highest BCUT2D eigenvalue weighted by molar-refractivity contribution is 6.47. The summed E-state index contributed by atoms with van der Waals surface area (Å²) in [5.41, 5.74) is 0.357. The van der Waals surface area contributed by atoms with E-state index in [0.29, 0.717) is 40.6 Å². The topological polar surface area (TPSA) is 79.3 Å². The highest BCUT2D eigenvalue weighted by Gasteiger charge is 2.51. The van der Waals surface area contributed by atoms with E-state index in [-0.39, 0.29) is 30.5 Å². The van der Waals surface area contributed by atoms with Crippen LogP contribution in [0.5, 0.6) is 0 Å². The highest BCUT2D eigenvalue weighted by atomic mass is 35.5. The lowest BCUT2D eigenvalue weighted by Gasteiger charge is -2.43. The van der Waals surface area contributed by atoms with Crippen molar-refractivity contribution in [1.29, 1.82) is 0 Å². The third-order valence-electron chi connectivity index (χ3n) is 6.27. The van der Waals surface area contributed by atoms with Crippen molar-refractivity contribution in [3.63, 3.8) is 0 Å². The predicted octanol–water partition coefficient (Wildman–Crippen LogP) is 6.57. The summed E-state index contributed by atoms with van der Waals surface area (Å²) in [6.07, 6.45) is 0.653. The smallest absolute Gasteiger partial charge is 0.410 e. The van der Waals surface area contributed by atoms with Gasteiger partial charge < -0.3 is 14.5 Å². The first kappa shape index (κ1) is 29.7. The molecule has 7 nitrogen and oxygen atoms in total. The zero-order chi connectivity index (χ0) is 28.3. The van der Waals surface area contributed by atoms with Crippen LogP contribution in [0.1, 0.15) is 68.9 Å². The maximum absolute atomic E-state index is 13.7. The molecule has 38 heavy (non-hydrogen) atoms. The number of nitrogens with zero attached hydrogens (tertiary/aromatic N) is 3. The molecule has 0 aromatic heterocycles. The van der Waals surface area contributed by atoms with Gasteiger partial charge in [-0.3, -0.25) is 9.59 Å². The number of benzene rings is 2.